The van der Waals surface area contributed by atoms with Crippen molar-refractivity contribution in [3.05, 3.63) is 46.9 Å². The maximum absolute atomic E-state index is 13.7. The molecule has 1 saturated heterocycles. The van der Waals surface area contributed by atoms with E-state index < -0.39 is 18.2 Å². The van der Waals surface area contributed by atoms with Crippen LogP contribution in [0.2, 0.25) is 0 Å². The van der Waals surface area contributed by atoms with Crippen LogP contribution in [-0.2, 0) is 0 Å². The van der Waals surface area contributed by atoms with Crippen molar-refractivity contribution in [2.24, 2.45) is 0 Å². The number of aryl methyl sites for hydroxylation is 2. The summed E-state index contributed by atoms with van der Waals surface area (Å²) in [4.78, 5) is 11.0. The summed E-state index contributed by atoms with van der Waals surface area (Å²) in [5, 5.41) is 28.5. The molecule has 0 bridgehead atoms. The number of fused-ring (bicyclic) bond motifs is 2. The highest BCUT2D eigenvalue weighted by Crippen LogP contribution is 2.41. The third-order valence-corrected chi connectivity index (χ3v) is 5.98. The maximum Gasteiger partial charge on any atom is 0.283 e. The number of hydrogen-bond acceptors (Lipinski definition) is 7. The Morgan fingerprint density at radius 2 is 2.00 bits per heavy atom. The van der Waals surface area contributed by atoms with E-state index in [2.05, 4.69) is 20.4 Å². The number of nitriles is 1. The van der Waals surface area contributed by atoms with Crippen molar-refractivity contribution in [3.63, 3.8) is 0 Å². The number of β-amino-alcohol motifs (C(OH)–C–C–N with tert-alkyl or cyclic N) is 1. The minimum atomic E-state index is -2.92. The molecule has 0 amide bonds. The summed E-state index contributed by atoms with van der Waals surface area (Å²) >= 11 is 0. The van der Waals surface area contributed by atoms with Crippen LogP contribution in [0.15, 0.2) is 24.4 Å². The summed E-state index contributed by atoms with van der Waals surface area (Å²) in [7, 11) is 1.80. The van der Waals surface area contributed by atoms with Gasteiger partial charge in [-0.05, 0) is 25.3 Å². The van der Waals surface area contributed by atoms with Gasteiger partial charge in [0.05, 0.1) is 11.8 Å². The number of rotatable bonds is 4. The molecule has 0 atom stereocenters. The van der Waals surface area contributed by atoms with Crippen molar-refractivity contribution in [1.82, 2.24) is 19.6 Å². The Morgan fingerprint density at radius 1 is 1.24 bits per heavy atom. The standard InChI is InChI=1S/C23H21F2N7O/c1-11-4-5-14-15(6-11)21(27-3)28-8-17(14)18-12(2)29-22-16(7-26)19(20(24)25)30-32(22)23(18)31-9-13(33)10-31/h4-6,8,13,20,33H,9-10H2,1-3H3,(H,27,28). The van der Waals surface area contributed by atoms with E-state index >= 15 is 0 Å². The molecular formula is C23H21F2N7O. The molecule has 1 aliphatic heterocycles. The molecule has 168 valence electrons. The number of pyridine rings is 1. The average molecular weight is 449 g/mol. The van der Waals surface area contributed by atoms with Crippen LogP contribution in [0.4, 0.5) is 20.4 Å². The average Bonchev–Trinajstić information content (AvgIpc) is 3.14. The van der Waals surface area contributed by atoms with E-state index in [4.69, 9.17) is 0 Å². The summed E-state index contributed by atoms with van der Waals surface area (Å²) in [5.41, 5.74) is 2.29. The number of benzene rings is 1. The molecular weight excluding hydrogens is 428 g/mol. The first-order valence-electron chi connectivity index (χ1n) is 10.5. The zero-order chi connectivity index (χ0) is 23.4. The van der Waals surface area contributed by atoms with Gasteiger partial charge in [-0.15, -0.1) is 0 Å². The molecule has 0 radical (unpaired) electrons. The summed E-state index contributed by atoms with van der Waals surface area (Å²) in [6.45, 7) is 4.40. The number of nitrogens with zero attached hydrogens (tertiary/aromatic N) is 6. The van der Waals surface area contributed by atoms with E-state index in [9.17, 15) is 19.1 Å². The molecule has 0 saturated carbocycles. The molecule has 10 heteroatoms. The molecule has 4 heterocycles. The van der Waals surface area contributed by atoms with Crippen molar-refractivity contribution < 1.29 is 13.9 Å². The van der Waals surface area contributed by atoms with Crippen molar-refractivity contribution in [3.8, 4) is 17.2 Å². The van der Waals surface area contributed by atoms with Gasteiger partial charge in [0.1, 0.15) is 29.0 Å². The number of halogens is 2. The topological polar surface area (TPSA) is 102 Å². The lowest BCUT2D eigenvalue weighted by molar-refractivity contribution is 0.140. The Bertz CT molecular complexity index is 1450. The van der Waals surface area contributed by atoms with Gasteiger partial charge >= 0.3 is 0 Å². The molecule has 1 fully saturated rings. The fourth-order valence-electron chi connectivity index (χ4n) is 4.41. The Balaban J connectivity index is 1.89. The van der Waals surface area contributed by atoms with Gasteiger partial charge in [-0.1, -0.05) is 17.7 Å². The van der Waals surface area contributed by atoms with Crippen LogP contribution in [0.5, 0.6) is 0 Å². The Labute approximate surface area is 188 Å². The zero-order valence-corrected chi connectivity index (χ0v) is 18.3. The largest absolute Gasteiger partial charge is 0.389 e. The molecule has 4 aromatic rings. The van der Waals surface area contributed by atoms with Crippen LogP contribution in [0, 0.1) is 25.2 Å². The quantitative estimate of drug-likeness (QED) is 0.491. The molecule has 2 N–H and O–H groups in total. The minimum absolute atomic E-state index is 0.0744. The summed E-state index contributed by atoms with van der Waals surface area (Å²) in [6.07, 6.45) is -1.73. The minimum Gasteiger partial charge on any atom is -0.389 e. The first-order chi connectivity index (χ1) is 15.8. The number of anilines is 2. The van der Waals surface area contributed by atoms with E-state index in [-0.39, 0.29) is 11.2 Å². The predicted molar refractivity (Wildman–Crippen MR) is 121 cm³/mol. The maximum atomic E-state index is 13.7. The van der Waals surface area contributed by atoms with Gasteiger partial charge in [0.25, 0.3) is 6.43 Å². The molecule has 8 nitrogen and oxygen atoms in total. The Hall–Kier alpha value is -3.84. The molecule has 5 rings (SSSR count). The van der Waals surface area contributed by atoms with Gasteiger partial charge < -0.3 is 15.3 Å². The fraction of sp³-hybridized carbons (Fsp3) is 0.304. The van der Waals surface area contributed by atoms with Crippen molar-refractivity contribution >= 4 is 28.1 Å². The predicted octanol–water partition coefficient (Wildman–Crippen LogP) is 3.59. The Morgan fingerprint density at radius 3 is 2.64 bits per heavy atom. The van der Waals surface area contributed by atoms with E-state index in [1.54, 1.807) is 20.2 Å². The SMILES string of the molecule is CNc1ncc(-c2c(C)nc3c(C#N)c(C(F)F)nn3c2N2CC(O)C2)c2ccc(C)cc12. The smallest absolute Gasteiger partial charge is 0.283 e. The summed E-state index contributed by atoms with van der Waals surface area (Å²) in [5.74, 6) is 1.22. The second-order valence-corrected chi connectivity index (χ2v) is 8.18. The third-order valence-electron chi connectivity index (χ3n) is 5.98. The number of alkyl halides is 2. The molecule has 0 aliphatic carbocycles. The van der Waals surface area contributed by atoms with Crippen LogP contribution >= 0.6 is 0 Å². The molecule has 1 aromatic carbocycles. The highest BCUT2D eigenvalue weighted by atomic mass is 19.3. The van der Waals surface area contributed by atoms with Gasteiger partial charge in [0, 0.05) is 42.8 Å². The molecule has 1 aliphatic rings. The first kappa shape index (κ1) is 21.0. The van der Waals surface area contributed by atoms with Crippen LogP contribution in [0.3, 0.4) is 0 Å². The monoisotopic (exact) mass is 449 g/mol. The number of aliphatic hydroxyl groups is 1. The molecule has 3 aromatic heterocycles. The van der Waals surface area contributed by atoms with Crippen LogP contribution in [0.25, 0.3) is 27.5 Å². The van der Waals surface area contributed by atoms with Gasteiger partial charge in [-0.3, -0.25) is 0 Å². The molecule has 0 spiro atoms. The normalized spacial score (nSPS) is 14.2. The molecule has 33 heavy (non-hydrogen) atoms. The van der Waals surface area contributed by atoms with Gasteiger partial charge in [-0.25, -0.2) is 18.7 Å². The second-order valence-electron chi connectivity index (χ2n) is 8.18. The lowest BCUT2D eigenvalue weighted by Crippen LogP contribution is -2.51. The van der Waals surface area contributed by atoms with Crippen molar-refractivity contribution in [2.45, 2.75) is 26.4 Å². The van der Waals surface area contributed by atoms with E-state index in [0.29, 0.717) is 30.2 Å². The van der Waals surface area contributed by atoms with Crippen LogP contribution in [-0.4, -0.2) is 50.9 Å². The number of aliphatic hydroxyl groups excluding tert-OH is 1. The summed E-state index contributed by atoms with van der Waals surface area (Å²) < 4.78 is 28.6. The van der Waals surface area contributed by atoms with Crippen molar-refractivity contribution in [2.75, 3.05) is 30.4 Å². The van der Waals surface area contributed by atoms with Gasteiger partial charge in [0.2, 0.25) is 0 Å². The Kier molecular flexibility index (Phi) is 4.87. The van der Waals surface area contributed by atoms with Crippen LogP contribution in [0.1, 0.15) is 28.9 Å². The molecule has 0 unspecified atom stereocenters. The number of aromatic nitrogens is 4. The zero-order valence-electron chi connectivity index (χ0n) is 18.3. The number of nitrogens with one attached hydrogen (secondary N) is 1. The first-order valence-corrected chi connectivity index (χ1v) is 10.5. The number of hydrogen-bond donors (Lipinski definition) is 2. The highest BCUT2D eigenvalue weighted by Gasteiger charge is 2.33. The van der Waals surface area contributed by atoms with Gasteiger partial charge in [-0.2, -0.15) is 14.9 Å². The van der Waals surface area contributed by atoms with Crippen molar-refractivity contribution in [1.29, 1.82) is 5.26 Å². The third kappa shape index (κ3) is 3.15. The van der Waals surface area contributed by atoms with E-state index in [1.807, 2.05) is 36.1 Å². The fourth-order valence-corrected chi connectivity index (χ4v) is 4.41. The summed E-state index contributed by atoms with van der Waals surface area (Å²) in [6, 6.07) is 7.86. The van der Waals surface area contributed by atoms with E-state index in [0.717, 1.165) is 27.7 Å². The van der Waals surface area contributed by atoms with Crippen LogP contribution < -0.4 is 10.2 Å². The lowest BCUT2D eigenvalue weighted by Gasteiger charge is -2.39. The second kappa shape index (κ2) is 7.64. The highest BCUT2D eigenvalue weighted by molar-refractivity contribution is 6.04. The lowest BCUT2D eigenvalue weighted by atomic mass is 9.97. The van der Waals surface area contributed by atoms with E-state index in [1.165, 1.54) is 4.52 Å². The van der Waals surface area contributed by atoms with Gasteiger partial charge in [0.15, 0.2) is 5.65 Å².